The van der Waals surface area contributed by atoms with Gasteiger partial charge in [-0.15, -0.1) is 0 Å². The summed E-state index contributed by atoms with van der Waals surface area (Å²) >= 11 is 0. The van der Waals surface area contributed by atoms with Crippen LogP contribution < -0.4 is 4.90 Å². The third-order valence-corrected chi connectivity index (χ3v) is 9.84. The van der Waals surface area contributed by atoms with Crippen molar-refractivity contribution in [1.29, 1.82) is 0 Å². The van der Waals surface area contributed by atoms with E-state index in [9.17, 15) is 0 Å². The van der Waals surface area contributed by atoms with E-state index >= 15 is 0 Å². The third kappa shape index (κ3) is 2.95. The molecule has 0 saturated heterocycles. The van der Waals surface area contributed by atoms with Gasteiger partial charge in [0.2, 0.25) is 0 Å². The molecule has 44 heavy (non-hydrogen) atoms. The maximum absolute atomic E-state index is 6.07. The van der Waals surface area contributed by atoms with E-state index in [0.29, 0.717) is 0 Å². The SMILES string of the molecule is CC1(C)c2ccccc2-c2ccc(N(c3ccccc3)c3ccc4c(c3)c3c5ocnc5cc5c6ccccc6n4c53)cc21. The lowest BCUT2D eigenvalue weighted by atomic mass is 9.82. The second kappa shape index (κ2) is 8.27. The van der Waals surface area contributed by atoms with Crippen molar-refractivity contribution in [3.63, 3.8) is 0 Å². The Morgan fingerprint density at radius 1 is 0.614 bits per heavy atom. The first kappa shape index (κ1) is 23.9. The van der Waals surface area contributed by atoms with Crippen molar-refractivity contribution < 1.29 is 4.42 Å². The summed E-state index contributed by atoms with van der Waals surface area (Å²) in [6.07, 6.45) is 1.56. The molecule has 1 aliphatic carbocycles. The smallest absolute Gasteiger partial charge is 0.182 e. The summed E-state index contributed by atoms with van der Waals surface area (Å²) < 4.78 is 8.46. The van der Waals surface area contributed by atoms with E-state index in [-0.39, 0.29) is 5.41 Å². The molecule has 4 nitrogen and oxygen atoms in total. The minimum atomic E-state index is -0.0830. The highest BCUT2D eigenvalue weighted by Gasteiger charge is 2.35. The number of rotatable bonds is 3. The average molecular weight is 566 g/mol. The number of para-hydroxylation sites is 2. The van der Waals surface area contributed by atoms with Gasteiger partial charge in [0.25, 0.3) is 0 Å². The fourth-order valence-corrected chi connectivity index (χ4v) is 7.86. The Kier molecular flexibility index (Phi) is 4.49. The van der Waals surface area contributed by atoms with Crippen LogP contribution in [-0.2, 0) is 5.41 Å². The van der Waals surface area contributed by atoms with Crippen LogP contribution in [0.25, 0.3) is 60.3 Å². The van der Waals surface area contributed by atoms with Gasteiger partial charge in [-0.3, -0.25) is 0 Å². The fraction of sp³-hybridized carbons (Fsp3) is 0.0750. The summed E-state index contributed by atoms with van der Waals surface area (Å²) in [6, 6.07) is 44.1. The number of nitrogens with zero attached hydrogens (tertiary/aromatic N) is 3. The first-order chi connectivity index (χ1) is 21.6. The molecular weight excluding hydrogens is 538 g/mol. The summed E-state index contributed by atoms with van der Waals surface area (Å²) in [5.74, 6) is 0. The van der Waals surface area contributed by atoms with E-state index in [1.807, 2.05) is 0 Å². The molecule has 0 aliphatic heterocycles. The molecule has 0 amide bonds. The second-order valence-electron chi connectivity index (χ2n) is 12.5. The van der Waals surface area contributed by atoms with E-state index in [2.05, 4.69) is 149 Å². The number of hydrogen-bond acceptors (Lipinski definition) is 3. The molecule has 0 atom stereocenters. The van der Waals surface area contributed by atoms with E-state index in [4.69, 9.17) is 4.42 Å². The van der Waals surface area contributed by atoms with E-state index in [1.165, 1.54) is 44.1 Å². The predicted molar refractivity (Wildman–Crippen MR) is 181 cm³/mol. The zero-order valence-corrected chi connectivity index (χ0v) is 24.4. The van der Waals surface area contributed by atoms with E-state index < -0.39 is 0 Å². The van der Waals surface area contributed by atoms with Crippen LogP contribution >= 0.6 is 0 Å². The van der Waals surface area contributed by atoms with Crippen molar-refractivity contribution >= 4 is 66.3 Å². The first-order valence-corrected chi connectivity index (χ1v) is 15.1. The van der Waals surface area contributed by atoms with Gasteiger partial charge in [-0.1, -0.05) is 80.6 Å². The second-order valence-corrected chi connectivity index (χ2v) is 12.5. The van der Waals surface area contributed by atoms with Gasteiger partial charge in [-0.2, -0.15) is 0 Å². The maximum atomic E-state index is 6.07. The molecule has 0 N–H and O–H groups in total. The van der Waals surface area contributed by atoms with Crippen LogP contribution in [0.1, 0.15) is 25.0 Å². The Labute approximate surface area is 253 Å². The number of hydrogen-bond donors (Lipinski definition) is 0. The van der Waals surface area contributed by atoms with Crippen molar-refractivity contribution in [2.24, 2.45) is 0 Å². The molecule has 0 spiro atoms. The molecule has 9 aromatic rings. The molecule has 10 rings (SSSR count). The van der Waals surface area contributed by atoms with Gasteiger partial charge in [0.15, 0.2) is 12.0 Å². The fourth-order valence-electron chi connectivity index (χ4n) is 7.86. The lowest BCUT2D eigenvalue weighted by Crippen LogP contribution is -2.16. The minimum Gasteiger partial charge on any atom is -0.443 e. The van der Waals surface area contributed by atoms with Gasteiger partial charge in [0.1, 0.15) is 5.52 Å². The van der Waals surface area contributed by atoms with Gasteiger partial charge >= 0.3 is 0 Å². The quantitative estimate of drug-likeness (QED) is 0.214. The summed E-state index contributed by atoms with van der Waals surface area (Å²) in [5.41, 5.74) is 13.9. The highest BCUT2D eigenvalue weighted by molar-refractivity contribution is 6.30. The number of aromatic nitrogens is 2. The summed E-state index contributed by atoms with van der Waals surface area (Å²) in [5, 5.41) is 4.71. The highest BCUT2D eigenvalue weighted by Crippen LogP contribution is 2.51. The Bertz CT molecular complexity index is 2590. The number of anilines is 3. The maximum Gasteiger partial charge on any atom is 0.182 e. The molecular formula is C40H27N3O. The monoisotopic (exact) mass is 565 g/mol. The third-order valence-electron chi connectivity index (χ3n) is 9.84. The molecule has 0 unspecified atom stereocenters. The molecule has 3 heterocycles. The molecule has 0 saturated carbocycles. The van der Waals surface area contributed by atoms with Crippen molar-refractivity contribution in [2.45, 2.75) is 19.3 Å². The molecule has 208 valence electrons. The van der Waals surface area contributed by atoms with Crippen molar-refractivity contribution in [3.8, 4) is 11.1 Å². The Morgan fingerprint density at radius 3 is 2.25 bits per heavy atom. The van der Waals surface area contributed by atoms with E-state index in [1.54, 1.807) is 6.39 Å². The summed E-state index contributed by atoms with van der Waals surface area (Å²) in [6.45, 7) is 4.68. The zero-order chi connectivity index (χ0) is 29.2. The van der Waals surface area contributed by atoms with Crippen LogP contribution in [0.2, 0.25) is 0 Å². The molecule has 1 aliphatic rings. The average Bonchev–Trinajstić information content (AvgIpc) is 3.80. The van der Waals surface area contributed by atoms with Crippen LogP contribution in [-0.4, -0.2) is 9.38 Å². The summed E-state index contributed by atoms with van der Waals surface area (Å²) in [4.78, 5) is 6.97. The number of fused-ring (bicyclic) bond motifs is 11. The lowest BCUT2D eigenvalue weighted by molar-refractivity contribution is 0.605. The standard InChI is InChI=1S/C40H27N3O/c1-40(2)32-14-8-6-12-27(32)28-18-16-26(21-33(28)40)42(24-10-4-3-5-11-24)25-17-19-36-31(20-25)37-38-30(22-34-39(37)44-23-41-34)29-13-7-9-15-35(29)43(36)38/h3-23H,1-2H3. The molecule has 4 heteroatoms. The minimum absolute atomic E-state index is 0.0830. The van der Waals surface area contributed by atoms with Crippen LogP contribution in [0.3, 0.4) is 0 Å². The molecule has 3 aromatic heterocycles. The first-order valence-electron chi connectivity index (χ1n) is 15.1. The van der Waals surface area contributed by atoms with Gasteiger partial charge in [-0.05, 0) is 76.9 Å². The van der Waals surface area contributed by atoms with Crippen molar-refractivity contribution in [3.05, 3.63) is 139 Å². The molecule has 0 fully saturated rings. The Balaban J connectivity index is 1.26. The summed E-state index contributed by atoms with van der Waals surface area (Å²) in [7, 11) is 0. The Hall–Kier alpha value is -5.61. The van der Waals surface area contributed by atoms with Crippen molar-refractivity contribution in [1.82, 2.24) is 9.38 Å². The van der Waals surface area contributed by atoms with Gasteiger partial charge < -0.3 is 13.7 Å². The highest BCUT2D eigenvalue weighted by atomic mass is 16.3. The van der Waals surface area contributed by atoms with Crippen LogP contribution in [0.4, 0.5) is 17.1 Å². The lowest BCUT2D eigenvalue weighted by Gasteiger charge is -2.28. The number of benzene rings is 6. The topological polar surface area (TPSA) is 33.7 Å². The van der Waals surface area contributed by atoms with Crippen molar-refractivity contribution in [2.75, 3.05) is 4.90 Å². The van der Waals surface area contributed by atoms with Gasteiger partial charge in [0.05, 0.1) is 21.9 Å². The number of oxazole rings is 1. The van der Waals surface area contributed by atoms with Crippen LogP contribution in [0.5, 0.6) is 0 Å². The normalized spacial score (nSPS) is 13.9. The molecule has 6 aromatic carbocycles. The molecule has 0 radical (unpaired) electrons. The van der Waals surface area contributed by atoms with Crippen LogP contribution in [0.15, 0.2) is 132 Å². The van der Waals surface area contributed by atoms with E-state index in [0.717, 1.165) is 44.5 Å². The van der Waals surface area contributed by atoms with Crippen LogP contribution in [0, 0.1) is 0 Å². The zero-order valence-electron chi connectivity index (χ0n) is 24.4. The van der Waals surface area contributed by atoms with Gasteiger partial charge in [-0.25, -0.2) is 4.98 Å². The Morgan fingerprint density at radius 2 is 1.34 bits per heavy atom. The van der Waals surface area contributed by atoms with Gasteiger partial charge in [0, 0.05) is 38.6 Å². The predicted octanol–water partition coefficient (Wildman–Crippen LogP) is 10.8. The molecule has 0 bridgehead atoms. The largest absolute Gasteiger partial charge is 0.443 e.